The fourth-order valence-corrected chi connectivity index (χ4v) is 4.52. The number of carbonyl (C=O) groups is 3. The van der Waals surface area contributed by atoms with Gasteiger partial charge in [-0.15, -0.1) is 0 Å². The smallest absolute Gasteiger partial charge is 1.00 e. The molecule has 0 aliphatic heterocycles. The first kappa shape index (κ1) is 53.9. The van der Waals surface area contributed by atoms with E-state index >= 15 is 0 Å². The van der Waals surface area contributed by atoms with Crippen LogP contribution in [0.1, 0.15) is 92.2 Å². The third-order valence-corrected chi connectivity index (χ3v) is 7.59. The third kappa shape index (κ3) is 27.2. The molecule has 0 bridgehead atoms. The first-order valence-corrected chi connectivity index (χ1v) is 18.2. The zero-order valence-electron chi connectivity index (χ0n) is 32.0. The summed E-state index contributed by atoms with van der Waals surface area (Å²) in [5, 5.41) is 4.05. The number of rotatable bonds is 20. The third-order valence-electron chi connectivity index (χ3n) is 7.03. The van der Waals surface area contributed by atoms with Gasteiger partial charge in [0.1, 0.15) is 5.54 Å². The van der Waals surface area contributed by atoms with Crippen molar-refractivity contribution in [2.24, 2.45) is 0 Å². The zero-order chi connectivity index (χ0) is 36.3. The van der Waals surface area contributed by atoms with Crippen LogP contribution in [-0.4, -0.2) is 78.8 Å². The summed E-state index contributed by atoms with van der Waals surface area (Å²) < 4.78 is 20.3. The van der Waals surface area contributed by atoms with Crippen LogP contribution in [0.3, 0.4) is 0 Å². The molecule has 280 valence electrons. The van der Waals surface area contributed by atoms with E-state index in [2.05, 4.69) is 69.0 Å². The van der Waals surface area contributed by atoms with Gasteiger partial charge in [0.15, 0.2) is 0 Å². The summed E-state index contributed by atoms with van der Waals surface area (Å²) in [4.78, 5) is 36.1. The Labute approximate surface area is 370 Å². The van der Waals surface area contributed by atoms with Crippen LogP contribution in [0.2, 0.25) is 0 Å². The van der Waals surface area contributed by atoms with Gasteiger partial charge in [-0.2, -0.15) is 0 Å². The molecule has 2 aromatic carbocycles. The molecule has 0 fully saturated rings. The molecule has 0 saturated heterocycles. The number of ether oxygens (including phenoxy) is 4. The van der Waals surface area contributed by atoms with Crippen LogP contribution in [-0.2, 0) is 46.4 Å². The van der Waals surface area contributed by atoms with E-state index in [9.17, 15) is 14.4 Å². The van der Waals surface area contributed by atoms with Gasteiger partial charge in [-0.25, -0.2) is 0 Å². The summed E-state index contributed by atoms with van der Waals surface area (Å²) in [5.74, 6) is -0.433. The molecule has 2 rings (SSSR count). The first-order chi connectivity index (χ1) is 22.9. The van der Waals surface area contributed by atoms with Gasteiger partial charge in [0.2, 0.25) is 0 Å². The average molecular weight is 904 g/mol. The van der Waals surface area contributed by atoms with Crippen molar-refractivity contribution in [3.63, 3.8) is 0 Å². The minimum Gasteiger partial charge on any atom is -1.00 e. The molecule has 9 nitrogen and oxygen atoms in total. The topological polar surface area (TPSA) is 103 Å². The number of esters is 3. The fourth-order valence-electron chi connectivity index (χ4n) is 4.24. The van der Waals surface area contributed by atoms with Gasteiger partial charge in [-0.05, 0) is 85.9 Å². The Bertz CT molecular complexity index is 1130. The fraction of sp³-hybridized carbons (Fsp3) is 0.605. The van der Waals surface area contributed by atoms with Crippen LogP contribution in [0.15, 0.2) is 60.7 Å². The molecule has 0 unspecified atom stereocenters. The summed E-state index contributed by atoms with van der Waals surface area (Å²) in [5.41, 5.74) is 1.69. The molecule has 1 N–H and O–H groups in total. The van der Waals surface area contributed by atoms with Crippen molar-refractivity contribution in [3.8, 4) is 0 Å². The second-order valence-corrected chi connectivity index (χ2v) is 12.8. The Morgan fingerprint density at radius 3 is 1.66 bits per heavy atom. The number of nitrogens with zero attached hydrogens (tertiary/aromatic N) is 1. The molecule has 0 heterocycles. The number of hydrogen-bond donors (Lipinski definition) is 1. The predicted molar refractivity (Wildman–Crippen MR) is 197 cm³/mol. The van der Waals surface area contributed by atoms with E-state index in [0.29, 0.717) is 52.4 Å². The summed E-state index contributed by atoms with van der Waals surface area (Å²) in [7, 11) is 0. The van der Waals surface area contributed by atoms with Crippen LogP contribution < -0.4 is 80.7 Å². The second kappa shape index (κ2) is 33.2. The summed E-state index contributed by atoms with van der Waals surface area (Å²) in [6.07, 6.45) is 2.64. The maximum Gasteiger partial charge on any atom is 1.00 e. The number of halogens is 2. The predicted octanol–water partition coefficient (Wildman–Crippen LogP) is 1.50. The van der Waals surface area contributed by atoms with Crippen molar-refractivity contribution in [1.82, 2.24) is 10.2 Å². The maximum atomic E-state index is 11.6. The minimum absolute atomic E-state index is 0. The van der Waals surface area contributed by atoms with Crippen molar-refractivity contribution in [2.75, 3.05) is 44.9 Å². The molecule has 0 spiro atoms. The van der Waals surface area contributed by atoms with Gasteiger partial charge in [0, 0.05) is 43.4 Å². The Balaban J connectivity index is -0.000000713. The Kier molecular flexibility index (Phi) is 35.8. The maximum absolute atomic E-state index is 11.6. The molecule has 0 aromatic heterocycles. The minimum atomic E-state index is -0.647. The SMILES string of the molecule is CCOC(=O)C(C)(C)NCc1ccccc1.CCOC(=O)CCCBr.CCOCC(C)(C)N(CCCC(=O)OCC)Cc1ccccc1.[I-].[K+]. The first-order valence-electron chi connectivity index (χ1n) is 17.1. The second-order valence-electron chi connectivity index (χ2n) is 12.0. The average Bonchev–Trinajstić information content (AvgIpc) is 3.07. The number of carbonyl (C=O) groups excluding carboxylic acids is 3. The van der Waals surface area contributed by atoms with E-state index < -0.39 is 5.54 Å². The van der Waals surface area contributed by atoms with E-state index in [1.54, 1.807) is 0 Å². The number of nitrogens with one attached hydrogen (secondary N) is 1. The van der Waals surface area contributed by atoms with Crippen molar-refractivity contribution < 1.29 is 109 Å². The number of benzene rings is 2. The molecule has 0 aliphatic carbocycles. The van der Waals surface area contributed by atoms with Gasteiger partial charge in [0.25, 0.3) is 0 Å². The molecule has 0 aliphatic rings. The standard InChI is InChI=1S/C19H31NO3.C13H19NO2.C6H11BrO2.HI.K/c1-5-22-16-19(3,4)20(14-10-13-18(21)23-6-2)15-17-11-8-7-9-12-17;1-4-16-12(15)13(2,3)14-10-11-8-6-5-7-9-11;1-2-9-6(8)4-3-5-7;;/h7-9,11-12H,5-6,10,13-16H2,1-4H3;5-9,14H,4,10H2,1-3H3;2-5H2,1H3;1H;/q;;;;+1/p-1. The molecule has 0 saturated carbocycles. The zero-order valence-corrected chi connectivity index (χ0v) is 38.9. The van der Waals surface area contributed by atoms with Crippen LogP contribution in [0.5, 0.6) is 0 Å². The van der Waals surface area contributed by atoms with Gasteiger partial charge < -0.3 is 42.9 Å². The molecule has 0 atom stereocenters. The Morgan fingerprint density at radius 1 is 0.720 bits per heavy atom. The van der Waals surface area contributed by atoms with E-state index in [0.717, 1.165) is 36.8 Å². The summed E-state index contributed by atoms with van der Waals surface area (Å²) >= 11 is 3.22. The van der Waals surface area contributed by atoms with Crippen LogP contribution in [0.4, 0.5) is 0 Å². The molecule has 0 amide bonds. The largest absolute Gasteiger partial charge is 1.00 e. The van der Waals surface area contributed by atoms with Crippen LogP contribution >= 0.6 is 15.9 Å². The monoisotopic (exact) mass is 902 g/mol. The molecule has 50 heavy (non-hydrogen) atoms. The number of hydrogen-bond acceptors (Lipinski definition) is 9. The van der Waals surface area contributed by atoms with Crippen molar-refractivity contribution in [3.05, 3.63) is 71.8 Å². The van der Waals surface area contributed by atoms with Crippen molar-refractivity contribution in [1.29, 1.82) is 0 Å². The molecular formula is C38H61BrIKN2O7. The number of alkyl halides is 1. The van der Waals surface area contributed by atoms with Crippen LogP contribution in [0, 0.1) is 0 Å². The summed E-state index contributed by atoms with van der Waals surface area (Å²) in [6.45, 7) is 20.6. The molecular weight excluding hydrogens is 842 g/mol. The normalized spacial score (nSPS) is 10.6. The van der Waals surface area contributed by atoms with Gasteiger partial charge in [0.05, 0.1) is 26.4 Å². The molecule has 2 aromatic rings. The van der Waals surface area contributed by atoms with Crippen molar-refractivity contribution >= 4 is 33.8 Å². The Morgan fingerprint density at radius 2 is 1.20 bits per heavy atom. The van der Waals surface area contributed by atoms with E-state index in [-0.39, 0.29) is 98.8 Å². The summed E-state index contributed by atoms with van der Waals surface area (Å²) in [6, 6.07) is 20.4. The van der Waals surface area contributed by atoms with E-state index in [1.807, 2.05) is 77.9 Å². The van der Waals surface area contributed by atoms with Crippen LogP contribution in [0.25, 0.3) is 0 Å². The molecule has 0 radical (unpaired) electrons. The van der Waals surface area contributed by atoms with Crippen molar-refractivity contribution in [2.45, 2.75) is 105 Å². The Hall–Kier alpha value is -0.424. The van der Waals surface area contributed by atoms with E-state index in [4.69, 9.17) is 14.2 Å². The van der Waals surface area contributed by atoms with Gasteiger partial charge in [-0.1, -0.05) is 76.6 Å². The molecule has 12 heteroatoms. The van der Waals surface area contributed by atoms with Gasteiger partial charge in [-0.3, -0.25) is 24.6 Å². The quantitative estimate of drug-likeness (QED) is 0.0698. The van der Waals surface area contributed by atoms with E-state index in [1.165, 1.54) is 5.56 Å². The van der Waals surface area contributed by atoms with Gasteiger partial charge >= 0.3 is 69.3 Å².